The van der Waals surface area contributed by atoms with Gasteiger partial charge in [0.05, 0.1) is 30.7 Å². The van der Waals surface area contributed by atoms with Crippen molar-refractivity contribution in [3.63, 3.8) is 0 Å². The van der Waals surface area contributed by atoms with Gasteiger partial charge in [0.25, 0.3) is 5.56 Å². The van der Waals surface area contributed by atoms with E-state index in [-0.39, 0.29) is 17.5 Å². The van der Waals surface area contributed by atoms with Crippen molar-refractivity contribution in [3.8, 4) is 6.07 Å². The molecule has 6 nitrogen and oxygen atoms in total. The van der Waals surface area contributed by atoms with E-state index < -0.39 is 35.7 Å². The molecule has 1 heterocycles. The van der Waals surface area contributed by atoms with E-state index in [0.717, 1.165) is 12.1 Å². The summed E-state index contributed by atoms with van der Waals surface area (Å²) in [6.07, 6.45) is -0.337. The van der Waals surface area contributed by atoms with Gasteiger partial charge in [-0.25, -0.2) is 8.78 Å². The van der Waals surface area contributed by atoms with Crippen molar-refractivity contribution in [2.45, 2.75) is 19.4 Å². The molecule has 0 aliphatic rings. The van der Waals surface area contributed by atoms with E-state index in [9.17, 15) is 28.7 Å². The third-order valence-electron chi connectivity index (χ3n) is 4.73. The Bertz CT molecular complexity index is 1200. The monoisotopic (exact) mass is 397 g/mol. The summed E-state index contributed by atoms with van der Waals surface area (Å²) < 4.78 is 27.1. The molecule has 0 saturated heterocycles. The van der Waals surface area contributed by atoms with Crippen molar-refractivity contribution in [1.82, 2.24) is 10.3 Å². The van der Waals surface area contributed by atoms with Crippen LogP contribution >= 0.6 is 0 Å². The van der Waals surface area contributed by atoms with Gasteiger partial charge in [-0.05, 0) is 30.7 Å². The number of nitrogens with zero attached hydrogens (tertiary/aromatic N) is 1. The van der Waals surface area contributed by atoms with Crippen LogP contribution in [0.3, 0.4) is 0 Å². The zero-order valence-corrected chi connectivity index (χ0v) is 15.4. The van der Waals surface area contributed by atoms with Gasteiger partial charge in [0.15, 0.2) is 0 Å². The van der Waals surface area contributed by atoms with Gasteiger partial charge in [-0.15, -0.1) is 0 Å². The molecule has 148 valence electrons. The number of nitrogens with one attached hydrogen (secondary N) is 2. The fourth-order valence-electron chi connectivity index (χ4n) is 3.30. The van der Waals surface area contributed by atoms with E-state index in [4.69, 9.17) is 0 Å². The minimum atomic E-state index is -1.10. The van der Waals surface area contributed by atoms with Crippen LogP contribution in [0.25, 0.3) is 10.9 Å². The van der Waals surface area contributed by atoms with Crippen LogP contribution < -0.4 is 10.9 Å². The molecule has 0 aliphatic carbocycles. The van der Waals surface area contributed by atoms with Crippen molar-refractivity contribution in [3.05, 3.63) is 80.6 Å². The van der Waals surface area contributed by atoms with Gasteiger partial charge >= 0.3 is 0 Å². The number of halogens is 2. The Morgan fingerprint density at radius 2 is 2.07 bits per heavy atom. The number of benzene rings is 2. The topological polar surface area (TPSA) is 106 Å². The van der Waals surface area contributed by atoms with Crippen LogP contribution in [0.2, 0.25) is 0 Å². The number of hydrogen-bond acceptors (Lipinski definition) is 4. The molecule has 0 aliphatic heterocycles. The Morgan fingerprint density at radius 3 is 2.72 bits per heavy atom. The number of nitriles is 1. The standard InChI is InChI=1S/C21H17F2N3O3/c1-11-15(21(29)26-17-4-2-3-12(9-24)20(11)17)8-19(28)25-18(10-27)14-6-5-13(22)7-16(14)23/h2-7,18,27H,8,10H2,1H3,(H,25,28)(H,26,29)/t18-/m0/s1. The Kier molecular flexibility index (Phi) is 5.71. The maximum absolute atomic E-state index is 14.0. The Balaban J connectivity index is 1.91. The molecular formula is C21H17F2N3O3. The van der Waals surface area contributed by atoms with E-state index in [2.05, 4.69) is 16.4 Å². The van der Waals surface area contributed by atoms with Gasteiger partial charge in [0.1, 0.15) is 11.6 Å². The highest BCUT2D eigenvalue weighted by Gasteiger charge is 2.20. The lowest BCUT2D eigenvalue weighted by atomic mass is 9.98. The van der Waals surface area contributed by atoms with Gasteiger partial charge in [-0.2, -0.15) is 5.26 Å². The van der Waals surface area contributed by atoms with Crippen molar-refractivity contribution in [2.24, 2.45) is 0 Å². The molecule has 8 heteroatoms. The molecule has 1 atom stereocenters. The summed E-state index contributed by atoms with van der Waals surface area (Å²) in [5.41, 5.74) is 0.947. The highest BCUT2D eigenvalue weighted by atomic mass is 19.1. The molecule has 1 aromatic heterocycles. The number of rotatable bonds is 5. The number of hydrogen-bond donors (Lipinski definition) is 3. The number of fused-ring (bicyclic) bond motifs is 1. The second-order valence-corrected chi connectivity index (χ2v) is 6.54. The molecule has 0 spiro atoms. The first-order valence-corrected chi connectivity index (χ1v) is 8.75. The van der Waals surface area contributed by atoms with Crippen molar-refractivity contribution < 1.29 is 18.7 Å². The van der Waals surface area contributed by atoms with Crippen LogP contribution in [0.15, 0.2) is 41.2 Å². The van der Waals surface area contributed by atoms with Crippen molar-refractivity contribution in [2.75, 3.05) is 6.61 Å². The number of aromatic nitrogens is 1. The Hall–Kier alpha value is -3.57. The highest BCUT2D eigenvalue weighted by Crippen LogP contribution is 2.22. The van der Waals surface area contributed by atoms with Crippen LogP contribution in [-0.4, -0.2) is 22.6 Å². The van der Waals surface area contributed by atoms with Gasteiger partial charge in [-0.1, -0.05) is 12.1 Å². The molecular weight excluding hydrogens is 380 g/mol. The van der Waals surface area contributed by atoms with E-state index in [1.54, 1.807) is 25.1 Å². The number of carbonyl (C=O) groups is 1. The summed E-state index contributed by atoms with van der Waals surface area (Å²) >= 11 is 0. The lowest BCUT2D eigenvalue weighted by Crippen LogP contribution is -2.34. The molecule has 1 amide bonds. The highest BCUT2D eigenvalue weighted by molar-refractivity contribution is 5.90. The third-order valence-corrected chi connectivity index (χ3v) is 4.73. The zero-order chi connectivity index (χ0) is 21.1. The third kappa shape index (κ3) is 4.00. The molecule has 29 heavy (non-hydrogen) atoms. The number of amides is 1. The van der Waals surface area contributed by atoms with Gasteiger partial charge < -0.3 is 15.4 Å². The summed E-state index contributed by atoms with van der Waals surface area (Å²) in [7, 11) is 0. The predicted octanol–water partition coefficient (Wildman–Crippen LogP) is 2.38. The second kappa shape index (κ2) is 8.20. The molecule has 0 saturated carbocycles. The zero-order valence-electron chi connectivity index (χ0n) is 15.4. The van der Waals surface area contributed by atoms with Crippen LogP contribution in [0.1, 0.15) is 28.3 Å². The first kappa shape index (κ1) is 20.2. The SMILES string of the molecule is Cc1c(CC(=O)N[C@@H](CO)c2ccc(F)cc2F)c(=O)[nH]c2cccc(C#N)c12. The molecule has 0 radical (unpaired) electrons. The molecule has 3 N–H and O–H groups in total. The van der Waals surface area contributed by atoms with E-state index in [1.807, 2.05) is 0 Å². The van der Waals surface area contributed by atoms with Crippen LogP contribution in [0, 0.1) is 29.9 Å². The van der Waals surface area contributed by atoms with Crippen LogP contribution in [0.5, 0.6) is 0 Å². The summed E-state index contributed by atoms with van der Waals surface area (Å²) in [6, 6.07) is 8.69. The summed E-state index contributed by atoms with van der Waals surface area (Å²) in [4.78, 5) is 27.6. The average Bonchev–Trinajstić information content (AvgIpc) is 2.69. The summed E-state index contributed by atoms with van der Waals surface area (Å²) in [5, 5.41) is 21.8. The van der Waals surface area contributed by atoms with Crippen molar-refractivity contribution in [1.29, 1.82) is 5.26 Å². The van der Waals surface area contributed by atoms with Gasteiger partial charge in [0.2, 0.25) is 5.91 Å². The minimum absolute atomic E-state index is 0.0711. The number of aryl methyl sites for hydroxylation is 1. The summed E-state index contributed by atoms with van der Waals surface area (Å²) in [5.74, 6) is -2.31. The maximum atomic E-state index is 14.0. The molecule has 2 aromatic carbocycles. The van der Waals surface area contributed by atoms with E-state index in [1.165, 1.54) is 0 Å². The second-order valence-electron chi connectivity index (χ2n) is 6.54. The number of aromatic amines is 1. The number of H-pyrrole nitrogens is 1. The largest absolute Gasteiger partial charge is 0.394 e. The minimum Gasteiger partial charge on any atom is -0.394 e. The molecule has 0 fully saturated rings. The fourth-order valence-corrected chi connectivity index (χ4v) is 3.30. The molecule has 3 aromatic rings. The van der Waals surface area contributed by atoms with E-state index in [0.29, 0.717) is 28.1 Å². The lowest BCUT2D eigenvalue weighted by Gasteiger charge is -2.18. The Labute approximate surface area is 164 Å². The number of pyridine rings is 1. The van der Waals surface area contributed by atoms with Crippen molar-refractivity contribution >= 4 is 16.8 Å². The first-order chi connectivity index (χ1) is 13.8. The number of aliphatic hydroxyl groups excluding tert-OH is 1. The Morgan fingerprint density at radius 1 is 1.31 bits per heavy atom. The van der Waals surface area contributed by atoms with Gasteiger partial charge in [-0.3, -0.25) is 9.59 Å². The van der Waals surface area contributed by atoms with E-state index >= 15 is 0 Å². The predicted molar refractivity (Wildman–Crippen MR) is 102 cm³/mol. The van der Waals surface area contributed by atoms with Gasteiger partial charge in [0, 0.05) is 28.1 Å². The quantitative estimate of drug-likeness (QED) is 0.615. The first-order valence-electron chi connectivity index (χ1n) is 8.75. The lowest BCUT2D eigenvalue weighted by molar-refractivity contribution is -0.121. The molecule has 0 unspecified atom stereocenters. The number of aliphatic hydroxyl groups is 1. The van der Waals surface area contributed by atoms with Crippen LogP contribution in [-0.2, 0) is 11.2 Å². The van der Waals surface area contributed by atoms with Crippen LogP contribution in [0.4, 0.5) is 8.78 Å². The normalized spacial score (nSPS) is 11.8. The fraction of sp³-hybridized carbons (Fsp3) is 0.190. The smallest absolute Gasteiger partial charge is 0.252 e. The number of carbonyl (C=O) groups excluding carboxylic acids is 1. The molecule has 0 bridgehead atoms. The maximum Gasteiger partial charge on any atom is 0.252 e. The average molecular weight is 397 g/mol. The summed E-state index contributed by atoms with van der Waals surface area (Å²) in [6.45, 7) is 1.03. The molecule has 3 rings (SSSR count).